The van der Waals surface area contributed by atoms with E-state index in [4.69, 9.17) is 0 Å². The average molecular weight is 369 g/mol. The number of nitrogens with one attached hydrogen (secondary N) is 1. The number of aromatic hydroxyl groups is 1. The van der Waals surface area contributed by atoms with Crippen LogP contribution in [0.2, 0.25) is 0 Å². The molecular weight excluding hydrogens is 346 g/mol. The van der Waals surface area contributed by atoms with Crippen molar-refractivity contribution in [2.75, 3.05) is 18.8 Å². The summed E-state index contributed by atoms with van der Waals surface area (Å²) in [5, 5.41) is 13.6. The minimum Gasteiger partial charge on any atom is -0.505 e. The first-order chi connectivity index (χ1) is 12.6. The fourth-order valence-electron chi connectivity index (χ4n) is 3.87. The number of pyridine rings is 1. The molecule has 5 nitrogen and oxygen atoms in total. The number of hydrogen-bond donors (Lipinski definition) is 2. The first-order valence-electron chi connectivity index (χ1n) is 8.95. The molecule has 0 saturated carbocycles. The second-order valence-electron chi connectivity index (χ2n) is 7.14. The van der Waals surface area contributed by atoms with Gasteiger partial charge in [-0.15, -0.1) is 0 Å². The molecule has 2 aliphatic heterocycles. The molecule has 2 aromatic rings. The third-order valence-corrected chi connectivity index (χ3v) is 6.74. The number of hydrogen-bond acceptors (Lipinski definition) is 5. The first kappa shape index (κ1) is 17.4. The summed E-state index contributed by atoms with van der Waals surface area (Å²) in [6.45, 7) is 4.68. The molecule has 2 saturated heterocycles. The van der Waals surface area contributed by atoms with E-state index >= 15 is 0 Å². The van der Waals surface area contributed by atoms with Crippen molar-refractivity contribution in [3.63, 3.8) is 0 Å². The predicted octanol–water partition coefficient (Wildman–Crippen LogP) is 2.44. The molecule has 6 heteroatoms. The van der Waals surface area contributed by atoms with Crippen LogP contribution in [0, 0.1) is 12.8 Å². The van der Waals surface area contributed by atoms with E-state index in [-0.39, 0.29) is 23.4 Å². The third kappa shape index (κ3) is 3.44. The van der Waals surface area contributed by atoms with Crippen molar-refractivity contribution in [3.05, 3.63) is 59.4 Å². The minimum atomic E-state index is -0.273. The van der Waals surface area contributed by atoms with Crippen LogP contribution in [0.5, 0.6) is 5.75 Å². The molecule has 0 aliphatic carbocycles. The summed E-state index contributed by atoms with van der Waals surface area (Å²) in [6, 6.07) is 12.4. The van der Waals surface area contributed by atoms with Gasteiger partial charge in [0.05, 0.1) is 0 Å². The van der Waals surface area contributed by atoms with Crippen molar-refractivity contribution in [2.24, 2.45) is 5.92 Å². The van der Waals surface area contributed by atoms with Crippen LogP contribution in [0.3, 0.4) is 0 Å². The number of thioether (sulfide) groups is 1. The fraction of sp³-hybridized carbons (Fsp3) is 0.400. The summed E-state index contributed by atoms with van der Waals surface area (Å²) in [4.78, 5) is 19.2. The number of benzene rings is 1. The number of nitrogens with zero attached hydrogens (tertiary/aromatic N) is 2. The summed E-state index contributed by atoms with van der Waals surface area (Å²) in [6.07, 6.45) is 1.57. The Bertz CT molecular complexity index is 785. The Morgan fingerprint density at radius 1 is 1.31 bits per heavy atom. The third-order valence-electron chi connectivity index (χ3n) is 5.25. The van der Waals surface area contributed by atoms with Crippen molar-refractivity contribution < 1.29 is 9.90 Å². The highest BCUT2D eigenvalue weighted by Crippen LogP contribution is 2.37. The van der Waals surface area contributed by atoms with Crippen LogP contribution >= 0.6 is 11.8 Å². The largest absolute Gasteiger partial charge is 0.505 e. The Labute approximate surface area is 157 Å². The molecule has 26 heavy (non-hydrogen) atoms. The predicted molar refractivity (Wildman–Crippen MR) is 103 cm³/mol. The number of fused-ring (bicyclic) bond motifs is 2. The quantitative estimate of drug-likeness (QED) is 0.867. The van der Waals surface area contributed by atoms with Crippen molar-refractivity contribution in [1.29, 1.82) is 0 Å². The molecule has 3 unspecified atom stereocenters. The van der Waals surface area contributed by atoms with Gasteiger partial charge in [0.2, 0.25) is 0 Å². The highest BCUT2D eigenvalue weighted by atomic mass is 32.2. The lowest BCUT2D eigenvalue weighted by Crippen LogP contribution is -2.54. The average Bonchev–Trinajstić information content (AvgIpc) is 2.87. The molecule has 2 bridgehead atoms. The maximum atomic E-state index is 12.6. The fourth-order valence-corrected chi connectivity index (χ4v) is 5.49. The summed E-state index contributed by atoms with van der Waals surface area (Å²) < 4.78 is 0. The zero-order valence-electron chi connectivity index (χ0n) is 14.8. The van der Waals surface area contributed by atoms with Crippen LogP contribution in [0.25, 0.3) is 0 Å². The summed E-state index contributed by atoms with van der Waals surface area (Å²) in [7, 11) is 0. The molecule has 4 rings (SSSR count). The molecule has 1 aromatic carbocycles. The van der Waals surface area contributed by atoms with E-state index in [1.54, 1.807) is 19.2 Å². The normalized spacial score (nSPS) is 25.2. The molecule has 2 fully saturated rings. The topological polar surface area (TPSA) is 65.5 Å². The Hall–Kier alpha value is -2.05. The van der Waals surface area contributed by atoms with E-state index in [2.05, 4.69) is 39.5 Å². The van der Waals surface area contributed by atoms with Gasteiger partial charge >= 0.3 is 0 Å². The standard InChI is InChI=1S/C20H23N3O2S/c1-13-7-8-21-18(19(13)24)20(25)22-17-15-10-23(11-16(17)26-12-15)9-14-5-3-2-4-6-14/h2-8,15-17,24H,9-12H2,1H3,(H,22,25). The van der Waals surface area contributed by atoms with E-state index in [1.165, 1.54) is 5.56 Å². The molecule has 3 atom stereocenters. The molecule has 0 spiro atoms. The van der Waals surface area contributed by atoms with Gasteiger partial charge < -0.3 is 10.4 Å². The van der Waals surface area contributed by atoms with E-state index < -0.39 is 0 Å². The number of carbonyl (C=O) groups is 1. The minimum absolute atomic E-state index is 0.0217. The van der Waals surface area contributed by atoms with Crippen LogP contribution in [0.15, 0.2) is 42.6 Å². The van der Waals surface area contributed by atoms with E-state index in [9.17, 15) is 9.90 Å². The Morgan fingerprint density at radius 2 is 2.12 bits per heavy atom. The second kappa shape index (κ2) is 7.29. The molecule has 3 heterocycles. The van der Waals surface area contributed by atoms with Gasteiger partial charge in [-0.05, 0) is 29.9 Å². The highest BCUT2D eigenvalue weighted by Gasteiger charge is 2.43. The Balaban J connectivity index is 1.42. The van der Waals surface area contributed by atoms with Crippen LogP contribution in [0.1, 0.15) is 21.6 Å². The van der Waals surface area contributed by atoms with Crippen LogP contribution < -0.4 is 5.32 Å². The maximum Gasteiger partial charge on any atom is 0.274 e. The number of likely N-dealkylation sites (tertiary alicyclic amines) is 1. The van der Waals surface area contributed by atoms with E-state index in [0.29, 0.717) is 16.7 Å². The van der Waals surface area contributed by atoms with Gasteiger partial charge in [-0.25, -0.2) is 4.98 Å². The molecule has 136 valence electrons. The van der Waals surface area contributed by atoms with E-state index in [0.717, 1.165) is 25.4 Å². The van der Waals surface area contributed by atoms with Crippen molar-refractivity contribution in [1.82, 2.24) is 15.2 Å². The van der Waals surface area contributed by atoms with Gasteiger partial charge in [-0.2, -0.15) is 11.8 Å². The zero-order chi connectivity index (χ0) is 18.1. The van der Waals surface area contributed by atoms with Gasteiger partial charge in [0, 0.05) is 43.0 Å². The Morgan fingerprint density at radius 3 is 2.88 bits per heavy atom. The summed E-state index contributed by atoms with van der Waals surface area (Å²) in [5.41, 5.74) is 2.12. The number of aryl methyl sites for hydroxylation is 1. The van der Waals surface area contributed by atoms with Gasteiger partial charge in [0.1, 0.15) is 5.75 Å². The maximum absolute atomic E-state index is 12.6. The molecular formula is C20H23N3O2S. The monoisotopic (exact) mass is 369 g/mol. The van der Waals surface area contributed by atoms with Gasteiger partial charge in [0.15, 0.2) is 5.69 Å². The van der Waals surface area contributed by atoms with Crippen molar-refractivity contribution >= 4 is 17.7 Å². The van der Waals surface area contributed by atoms with Crippen molar-refractivity contribution in [3.8, 4) is 5.75 Å². The number of amides is 1. The zero-order valence-corrected chi connectivity index (χ0v) is 15.6. The van der Waals surface area contributed by atoms with Gasteiger partial charge in [0.25, 0.3) is 5.91 Å². The molecule has 1 aromatic heterocycles. The van der Waals surface area contributed by atoms with E-state index in [1.807, 2.05) is 17.8 Å². The highest BCUT2D eigenvalue weighted by molar-refractivity contribution is 8.00. The lowest BCUT2D eigenvalue weighted by molar-refractivity contribution is 0.0876. The molecule has 2 aliphatic rings. The van der Waals surface area contributed by atoms with Crippen LogP contribution in [0.4, 0.5) is 0 Å². The SMILES string of the molecule is Cc1ccnc(C(=O)NC2C3CSC2CN(Cc2ccccc2)C3)c1O. The van der Waals surface area contributed by atoms with Crippen molar-refractivity contribution in [2.45, 2.75) is 24.8 Å². The molecule has 2 N–H and O–H groups in total. The van der Waals surface area contributed by atoms with Crippen LogP contribution in [-0.4, -0.2) is 51.0 Å². The molecule has 1 amide bonds. The smallest absolute Gasteiger partial charge is 0.274 e. The molecule has 0 radical (unpaired) electrons. The summed E-state index contributed by atoms with van der Waals surface area (Å²) >= 11 is 1.94. The summed E-state index contributed by atoms with van der Waals surface area (Å²) in [5.74, 6) is 1.20. The van der Waals surface area contributed by atoms with Crippen LogP contribution in [-0.2, 0) is 6.54 Å². The number of carbonyl (C=O) groups excluding carboxylic acids is 1. The van der Waals surface area contributed by atoms with Gasteiger partial charge in [-0.1, -0.05) is 30.3 Å². The first-order valence-corrected chi connectivity index (χ1v) is 10.00. The number of piperidine rings is 1. The number of rotatable bonds is 4. The number of aromatic nitrogens is 1. The second-order valence-corrected chi connectivity index (χ2v) is 8.41. The van der Waals surface area contributed by atoms with Gasteiger partial charge in [-0.3, -0.25) is 9.69 Å². The lowest BCUT2D eigenvalue weighted by atomic mass is 9.93. The lowest BCUT2D eigenvalue weighted by Gasteiger charge is -2.37. The Kier molecular flexibility index (Phi) is 4.87.